The summed E-state index contributed by atoms with van der Waals surface area (Å²) in [7, 11) is 1.57. The minimum Gasteiger partial charge on any atom is -0.497 e. The lowest BCUT2D eigenvalue weighted by atomic mass is 10.1. The van der Waals surface area contributed by atoms with Crippen LogP contribution in [0, 0.1) is 5.92 Å². The first-order valence-corrected chi connectivity index (χ1v) is 11.4. The highest BCUT2D eigenvalue weighted by atomic mass is 16.5. The summed E-state index contributed by atoms with van der Waals surface area (Å²) in [6.07, 6.45) is 3.22. The largest absolute Gasteiger partial charge is 0.497 e. The smallest absolute Gasteiger partial charge is 0.254 e. The number of carbonyl (C=O) groups excluding carboxylic acids is 3. The van der Waals surface area contributed by atoms with Crippen LogP contribution in [-0.4, -0.2) is 49.4 Å². The van der Waals surface area contributed by atoms with E-state index in [1.807, 2.05) is 38.1 Å². The summed E-state index contributed by atoms with van der Waals surface area (Å²) in [5.41, 5.74) is 2.36. The lowest BCUT2D eigenvalue weighted by molar-refractivity contribution is -0.124. The van der Waals surface area contributed by atoms with Crippen molar-refractivity contribution in [2.75, 3.05) is 32.1 Å². The molecule has 0 atom stereocenters. The fourth-order valence-corrected chi connectivity index (χ4v) is 3.33. The SMILES string of the molecule is CCCCc1ccc(C(=O)N(CC(=O)NCC(=O)Nc2ccc(OC)cc2)CC(C)C)cc1. The molecular weight excluding hydrogens is 418 g/mol. The summed E-state index contributed by atoms with van der Waals surface area (Å²) in [4.78, 5) is 39.2. The van der Waals surface area contributed by atoms with E-state index in [-0.39, 0.29) is 36.7 Å². The average Bonchev–Trinajstić information content (AvgIpc) is 2.81. The number of nitrogens with one attached hydrogen (secondary N) is 2. The van der Waals surface area contributed by atoms with Gasteiger partial charge in [-0.05, 0) is 60.7 Å². The van der Waals surface area contributed by atoms with Gasteiger partial charge in [0.15, 0.2) is 0 Å². The molecule has 2 rings (SSSR count). The second kappa shape index (κ2) is 13.3. The van der Waals surface area contributed by atoms with E-state index in [0.29, 0.717) is 23.5 Å². The van der Waals surface area contributed by atoms with Crippen molar-refractivity contribution in [1.82, 2.24) is 10.2 Å². The van der Waals surface area contributed by atoms with Gasteiger partial charge in [-0.2, -0.15) is 0 Å². The van der Waals surface area contributed by atoms with Crippen LogP contribution in [0.25, 0.3) is 0 Å². The summed E-state index contributed by atoms with van der Waals surface area (Å²) in [6, 6.07) is 14.5. The molecule has 0 spiro atoms. The van der Waals surface area contributed by atoms with E-state index in [2.05, 4.69) is 17.6 Å². The minimum atomic E-state index is -0.381. The van der Waals surface area contributed by atoms with Crippen LogP contribution in [0.2, 0.25) is 0 Å². The van der Waals surface area contributed by atoms with Gasteiger partial charge in [0.25, 0.3) is 5.91 Å². The Kier molecular flexibility index (Phi) is 10.4. The predicted octanol–water partition coefficient (Wildman–Crippen LogP) is 3.89. The Labute approximate surface area is 196 Å². The van der Waals surface area contributed by atoms with Gasteiger partial charge in [-0.3, -0.25) is 14.4 Å². The summed E-state index contributed by atoms with van der Waals surface area (Å²) in [5, 5.41) is 5.31. The number of rotatable bonds is 12. The first kappa shape index (κ1) is 25.9. The molecule has 0 bridgehead atoms. The number of anilines is 1. The number of aryl methyl sites for hydroxylation is 1. The van der Waals surface area contributed by atoms with Gasteiger partial charge in [0.2, 0.25) is 11.8 Å². The Morgan fingerprint density at radius 3 is 2.21 bits per heavy atom. The van der Waals surface area contributed by atoms with Gasteiger partial charge in [0.1, 0.15) is 5.75 Å². The van der Waals surface area contributed by atoms with Crippen LogP contribution in [0.1, 0.15) is 49.5 Å². The van der Waals surface area contributed by atoms with Crippen molar-refractivity contribution in [2.24, 2.45) is 5.92 Å². The molecule has 0 unspecified atom stereocenters. The van der Waals surface area contributed by atoms with Gasteiger partial charge in [-0.1, -0.05) is 39.3 Å². The Morgan fingerprint density at radius 2 is 1.64 bits per heavy atom. The summed E-state index contributed by atoms with van der Waals surface area (Å²) < 4.78 is 5.09. The Morgan fingerprint density at radius 1 is 0.970 bits per heavy atom. The van der Waals surface area contributed by atoms with Gasteiger partial charge in [-0.15, -0.1) is 0 Å². The molecule has 3 amide bonds. The van der Waals surface area contributed by atoms with Crippen LogP contribution in [-0.2, 0) is 16.0 Å². The van der Waals surface area contributed by atoms with E-state index >= 15 is 0 Å². The molecule has 2 N–H and O–H groups in total. The van der Waals surface area contributed by atoms with Gasteiger partial charge >= 0.3 is 0 Å². The molecule has 0 radical (unpaired) electrons. The zero-order chi connectivity index (χ0) is 24.2. The molecule has 0 heterocycles. The molecule has 0 saturated heterocycles. The number of ether oxygens (including phenoxy) is 1. The number of amides is 3. The van der Waals surface area contributed by atoms with Gasteiger partial charge < -0.3 is 20.3 Å². The topological polar surface area (TPSA) is 87.7 Å². The molecule has 0 fully saturated rings. The molecule has 178 valence electrons. The summed E-state index contributed by atoms with van der Waals surface area (Å²) in [6.45, 7) is 6.30. The van der Waals surface area contributed by atoms with Crippen molar-refractivity contribution >= 4 is 23.4 Å². The number of nitrogens with zero attached hydrogens (tertiary/aromatic N) is 1. The van der Waals surface area contributed by atoms with Crippen LogP contribution in [0.15, 0.2) is 48.5 Å². The summed E-state index contributed by atoms with van der Waals surface area (Å²) >= 11 is 0. The molecular formula is C26H35N3O4. The van der Waals surface area contributed by atoms with E-state index in [9.17, 15) is 14.4 Å². The molecule has 0 saturated carbocycles. The number of methoxy groups -OCH3 is 1. The Bertz CT molecular complexity index is 908. The Balaban J connectivity index is 1.91. The zero-order valence-electron chi connectivity index (χ0n) is 20.0. The van der Waals surface area contributed by atoms with Crippen LogP contribution in [0.5, 0.6) is 5.75 Å². The first-order valence-electron chi connectivity index (χ1n) is 11.4. The quantitative estimate of drug-likeness (QED) is 0.510. The highest BCUT2D eigenvalue weighted by Crippen LogP contribution is 2.15. The second-order valence-electron chi connectivity index (χ2n) is 8.43. The Hall–Kier alpha value is -3.35. The minimum absolute atomic E-state index is 0.107. The monoisotopic (exact) mass is 453 g/mol. The molecule has 2 aromatic rings. The van der Waals surface area contributed by atoms with Crippen molar-refractivity contribution in [3.63, 3.8) is 0 Å². The van der Waals surface area contributed by atoms with Crippen LogP contribution in [0.4, 0.5) is 5.69 Å². The van der Waals surface area contributed by atoms with Crippen molar-refractivity contribution in [1.29, 1.82) is 0 Å². The van der Waals surface area contributed by atoms with Crippen LogP contribution >= 0.6 is 0 Å². The van der Waals surface area contributed by atoms with Crippen molar-refractivity contribution in [3.05, 3.63) is 59.7 Å². The third-order valence-electron chi connectivity index (χ3n) is 5.05. The number of benzene rings is 2. The molecule has 0 aliphatic heterocycles. The maximum atomic E-state index is 13.0. The molecule has 0 aliphatic carbocycles. The van der Waals surface area contributed by atoms with Crippen LogP contribution < -0.4 is 15.4 Å². The van der Waals surface area contributed by atoms with E-state index in [0.717, 1.165) is 19.3 Å². The van der Waals surface area contributed by atoms with E-state index in [1.165, 1.54) is 10.5 Å². The third-order valence-corrected chi connectivity index (χ3v) is 5.05. The van der Waals surface area contributed by atoms with Crippen molar-refractivity contribution < 1.29 is 19.1 Å². The number of hydrogen-bond acceptors (Lipinski definition) is 4. The second-order valence-corrected chi connectivity index (χ2v) is 8.43. The third kappa shape index (κ3) is 8.96. The average molecular weight is 454 g/mol. The fourth-order valence-electron chi connectivity index (χ4n) is 3.33. The normalized spacial score (nSPS) is 10.6. The van der Waals surface area contributed by atoms with Crippen molar-refractivity contribution in [3.8, 4) is 5.75 Å². The molecule has 0 aliphatic rings. The van der Waals surface area contributed by atoms with E-state index in [1.54, 1.807) is 31.4 Å². The lowest BCUT2D eigenvalue weighted by Crippen LogP contribution is -2.44. The molecule has 33 heavy (non-hydrogen) atoms. The van der Waals surface area contributed by atoms with E-state index in [4.69, 9.17) is 4.74 Å². The molecule has 2 aromatic carbocycles. The first-order chi connectivity index (χ1) is 15.8. The molecule has 7 nitrogen and oxygen atoms in total. The van der Waals surface area contributed by atoms with Crippen LogP contribution in [0.3, 0.4) is 0 Å². The standard InChI is InChI=1S/C26H35N3O4/c1-5-6-7-20-8-10-21(11-9-20)26(32)29(17-19(2)3)18-25(31)27-16-24(30)28-22-12-14-23(33-4)15-13-22/h8-15,19H,5-7,16-18H2,1-4H3,(H,27,31)(H,28,30). The number of unbranched alkanes of at least 4 members (excludes halogenated alkanes) is 1. The maximum Gasteiger partial charge on any atom is 0.254 e. The zero-order valence-corrected chi connectivity index (χ0v) is 20.0. The van der Waals surface area contributed by atoms with Crippen molar-refractivity contribution in [2.45, 2.75) is 40.0 Å². The molecule has 0 aromatic heterocycles. The fraction of sp³-hybridized carbons (Fsp3) is 0.423. The predicted molar refractivity (Wildman–Crippen MR) is 130 cm³/mol. The van der Waals surface area contributed by atoms with Gasteiger partial charge in [0, 0.05) is 17.8 Å². The van der Waals surface area contributed by atoms with Gasteiger partial charge in [0.05, 0.1) is 20.2 Å². The summed E-state index contributed by atoms with van der Waals surface area (Å²) in [5.74, 6) is -0.0364. The lowest BCUT2D eigenvalue weighted by Gasteiger charge is -2.24. The highest BCUT2D eigenvalue weighted by Gasteiger charge is 2.20. The molecule has 7 heteroatoms. The number of hydrogen-bond donors (Lipinski definition) is 2. The van der Waals surface area contributed by atoms with Gasteiger partial charge in [-0.25, -0.2) is 0 Å². The highest BCUT2D eigenvalue weighted by molar-refractivity contribution is 5.98. The van der Waals surface area contributed by atoms with E-state index < -0.39 is 0 Å². The number of carbonyl (C=O) groups is 3. The maximum absolute atomic E-state index is 13.0.